The van der Waals surface area contributed by atoms with Crippen LogP contribution in [0.3, 0.4) is 0 Å². The van der Waals surface area contributed by atoms with Gasteiger partial charge in [-0.05, 0) is 18.8 Å². The molecule has 2 amide bonds. The molecule has 3 N–H and O–H groups in total. The van der Waals surface area contributed by atoms with Gasteiger partial charge in [0.05, 0.1) is 0 Å². The molecule has 25 heavy (non-hydrogen) atoms. The molecular weight excluding hydrogens is 326 g/mol. The first-order valence-electron chi connectivity index (χ1n) is 8.22. The van der Waals surface area contributed by atoms with E-state index in [4.69, 9.17) is 0 Å². The van der Waals surface area contributed by atoms with Crippen LogP contribution in [-0.2, 0) is 11.3 Å². The van der Waals surface area contributed by atoms with E-state index in [2.05, 4.69) is 15.7 Å². The van der Waals surface area contributed by atoms with Gasteiger partial charge in [-0.3, -0.25) is 19.0 Å². The van der Waals surface area contributed by atoms with Crippen LogP contribution in [0.25, 0.3) is 5.65 Å². The number of nitrogens with one attached hydrogen (secondary N) is 2. The molecule has 0 atom stereocenters. The third kappa shape index (κ3) is 3.35. The van der Waals surface area contributed by atoms with E-state index in [0.717, 1.165) is 17.4 Å². The van der Waals surface area contributed by atoms with Crippen LogP contribution in [-0.4, -0.2) is 37.1 Å². The lowest BCUT2D eigenvalue weighted by Crippen LogP contribution is -2.34. The second-order valence-corrected chi connectivity index (χ2v) is 6.74. The van der Waals surface area contributed by atoms with E-state index in [1.54, 1.807) is 0 Å². The van der Waals surface area contributed by atoms with Gasteiger partial charge in [-0.1, -0.05) is 13.8 Å². The van der Waals surface area contributed by atoms with E-state index in [-0.39, 0.29) is 29.2 Å². The highest BCUT2D eigenvalue weighted by Crippen LogP contribution is 2.23. The van der Waals surface area contributed by atoms with Gasteiger partial charge < -0.3 is 15.7 Å². The average Bonchev–Trinajstić information content (AvgIpc) is 3.20. The molecule has 0 radical (unpaired) electrons. The summed E-state index contributed by atoms with van der Waals surface area (Å²) in [6.45, 7) is 5.60. The molecular formula is C16H21N5O4. The van der Waals surface area contributed by atoms with Gasteiger partial charge in [-0.2, -0.15) is 4.52 Å². The topological polar surface area (TPSA) is 118 Å². The van der Waals surface area contributed by atoms with Crippen molar-refractivity contribution in [2.75, 3.05) is 5.32 Å². The van der Waals surface area contributed by atoms with Crippen LogP contribution >= 0.6 is 0 Å². The van der Waals surface area contributed by atoms with Crippen molar-refractivity contribution in [2.24, 2.45) is 5.92 Å². The summed E-state index contributed by atoms with van der Waals surface area (Å²) in [5.74, 6) is -1.00. The molecule has 0 aromatic carbocycles. The molecule has 2 aromatic rings. The molecule has 0 spiro atoms. The van der Waals surface area contributed by atoms with Crippen LogP contribution in [0.15, 0.2) is 10.9 Å². The lowest BCUT2D eigenvalue weighted by Gasteiger charge is -2.16. The first-order valence-corrected chi connectivity index (χ1v) is 8.22. The van der Waals surface area contributed by atoms with Crippen LogP contribution < -0.4 is 16.2 Å². The van der Waals surface area contributed by atoms with Crippen molar-refractivity contribution in [1.29, 1.82) is 0 Å². The van der Waals surface area contributed by atoms with Gasteiger partial charge >= 0.3 is 0 Å². The number of anilines is 1. The number of hydrogen-bond donors (Lipinski definition) is 3. The highest BCUT2D eigenvalue weighted by atomic mass is 16.3. The molecule has 9 nitrogen and oxygen atoms in total. The van der Waals surface area contributed by atoms with Crippen molar-refractivity contribution in [3.63, 3.8) is 0 Å². The second-order valence-electron chi connectivity index (χ2n) is 6.74. The number of aromatic hydroxyl groups is 1. The third-order valence-electron chi connectivity index (χ3n) is 3.84. The van der Waals surface area contributed by atoms with Crippen molar-refractivity contribution in [1.82, 2.24) is 19.5 Å². The van der Waals surface area contributed by atoms with Crippen molar-refractivity contribution in [3.8, 4) is 5.88 Å². The Morgan fingerprint density at radius 3 is 2.64 bits per heavy atom. The monoisotopic (exact) mass is 347 g/mol. The largest absolute Gasteiger partial charge is 0.494 e. The summed E-state index contributed by atoms with van der Waals surface area (Å²) in [6.07, 6.45) is 1.73. The summed E-state index contributed by atoms with van der Waals surface area (Å²) in [7, 11) is 0. The maximum atomic E-state index is 12.7. The van der Waals surface area contributed by atoms with Gasteiger partial charge in [0.15, 0.2) is 11.4 Å². The predicted molar refractivity (Wildman–Crippen MR) is 90.7 cm³/mol. The fraction of sp³-hybridized carbons (Fsp3) is 0.500. The number of nitrogens with zero attached hydrogens (tertiary/aromatic N) is 3. The van der Waals surface area contributed by atoms with E-state index in [0.29, 0.717) is 12.2 Å². The molecule has 0 bridgehead atoms. The van der Waals surface area contributed by atoms with Gasteiger partial charge in [0, 0.05) is 25.6 Å². The number of carbonyl (C=O) groups is 2. The zero-order valence-corrected chi connectivity index (χ0v) is 14.4. The smallest absolute Gasteiger partial charge is 0.291 e. The highest BCUT2D eigenvalue weighted by Gasteiger charge is 2.29. The summed E-state index contributed by atoms with van der Waals surface area (Å²) >= 11 is 0. The minimum atomic E-state index is -0.720. The Balaban J connectivity index is 2.19. The van der Waals surface area contributed by atoms with Crippen molar-refractivity contribution < 1.29 is 14.7 Å². The van der Waals surface area contributed by atoms with E-state index in [9.17, 15) is 19.5 Å². The second kappa shape index (κ2) is 6.23. The van der Waals surface area contributed by atoms with Crippen LogP contribution in [0.1, 0.15) is 44.0 Å². The molecule has 3 rings (SSSR count). The Bertz CT molecular complexity index is 907. The van der Waals surface area contributed by atoms with Crippen molar-refractivity contribution in [2.45, 2.75) is 46.2 Å². The number of amides is 2. The van der Waals surface area contributed by atoms with Crippen LogP contribution in [0.4, 0.5) is 5.82 Å². The van der Waals surface area contributed by atoms with Crippen LogP contribution in [0.5, 0.6) is 5.88 Å². The lowest BCUT2D eigenvalue weighted by atomic mass is 10.2. The highest BCUT2D eigenvalue weighted by molar-refractivity contribution is 5.96. The zero-order valence-electron chi connectivity index (χ0n) is 14.4. The Morgan fingerprint density at radius 2 is 2.08 bits per heavy atom. The van der Waals surface area contributed by atoms with Gasteiger partial charge in [-0.25, -0.2) is 0 Å². The average molecular weight is 347 g/mol. The van der Waals surface area contributed by atoms with Gasteiger partial charge in [0.25, 0.3) is 11.5 Å². The summed E-state index contributed by atoms with van der Waals surface area (Å²) in [6, 6.07) is 1.54. The standard InChI is InChI=1S/C16H21N5O4/c1-8(2)7-20-12-6-11(17-9(3)22)19-21(12)16(25)13(15(20)24)14(23)18-10-4-5-10/h6,8,10,24H,4-5,7H2,1-3H3,(H,18,23)(H,17,19,22). The number of fused-ring (bicyclic) bond motifs is 1. The van der Waals surface area contributed by atoms with Gasteiger partial charge in [0.1, 0.15) is 5.65 Å². The lowest BCUT2D eigenvalue weighted by molar-refractivity contribution is -0.114. The molecule has 1 aliphatic carbocycles. The Morgan fingerprint density at radius 1 is 1.40 bits per heavy atom. The number of rotatable bonds is 5. The zero-order chi connectivity index (χ0) is 18.3. The normalized spacial score (nSPS) is 14.1. The maximum Gasteiger partial charge on any atom is 0.291 e. The van der Waals surface area contributed by atoms with E-state index in [1.165, 1.54) is 17.6 Å². The van der Waals surface area contributed by atoms with Gasteiger partial charge in [-0.15, -0.1) is 5.10 Å². The van der Waals surface area contributed by atoms with Crippen LogP contribution in [0.2, 0.25) is 0 Å². The minimum absolute atomic E-state index is 0.0492. The number of aromatic nitrogens is 3. The SMILES string of the molecule is CC(=O)Nc1cc2n(CC(C)C)c(O)c(C(=O)NC3CC3)c(=O)n2n1. The molecule has 2 heterocycles. The molecule has 2 aromatic heterocycles. The summed E-state index contributed by atoms with van der Waals surface area (Å²) < 4.78 is 2.50. The molecule has 9 heteroatoms. The third-order valence-corrected chi connectivity index (χ3v) is 3.84. The van der Waals surface area contributed by atoms with Gasteiger partial charge in [0.2, 0.25) is 11.8 Å². The maximum absolute atomic E-state index is 12.7. The quantitative estimate of drug-likeness (QED) is 0.736. The molecule has 0 unspecified atom stereocenters. The fourth-order valence-corrected chi connectivity index (χ4v) is 2.63. The van der Waals surface area contributed by atoms with Crippen LogP contribution in [0, 0.1) is 5.92 Å². The molecule has 0 saturated heterocycles. The summed E-state index contributed by atoms with van der Waals surface area (Å²) in [5.41, 5.74) is -0.747. The van der Waals surface area contributed by atoms with E-state index >= 15 is 0 Å². The van der Waals surface area contributed by atoms with Crippen molar-refractivity contribution in [3.05, 3.63) is 22.0 Å². The summed E-state index contributed by atoms with van der Waals surface area (Å²) in [4.78, 5) is 36.3. The number of carbonyl (C=O) groups excluding carboxylic acids is 2. The molecule has 0 aliphatic heterocycles. The first kappa shape index (κ1) is 17.0. The first-order chi connectivity index (χ1) is 11.8. The van der Waals surface area contributed by atoms with E-state index < -0.39 is 17.3 Å². The fourth-order valence-electron chi connectivity index (χ4n) is 2.63. The molecule has 1 fully saturated rings. The Hall–Kier alpha value is -2.84. The summed E-state index contributed by atoms with van der Waals surface area (Å²) in [5, 5.41) is 19.9. The van der Waals surface area contributed by atoms with E-state index in [1.807, 2.05) is 13.8 Å². The molecule has 1 aliphatic rings. The molecule has 1 saturated carbocycles. The molecule has 134 valence electrons. The Labute approximate surface area is 143 Å². The number of hydrogen-bond acceptors (Lipinski definition) is 5. The van der Waals surface area contributed by atoms with Crippen molar-refractivity contribution >= 4 is 23.3 Å². The minimum Gasteiger partial charge on any atom is -0.494 e. The Kier molecular flexibility index (Phi) is 4.23. The predicted octanol–water partition coefficient (Wildman–Crippen LogP) is 0.708.